The first-order chi connectivity index (χ1) is 23.0. The van der Waals surface area contributed by atoms with E-state index < -0.39 is 47.9 Å². The van der Waals surface area contributed by atoms with Crippen molar-refractivity contribution in [2.45, 2.75) is 90.4 Å². The zero-order valence-corrected chi connectivity index (χ0v) is 28.3. The molecule has 3 aliphatic rings. The SMILES string of the molecule is C=CCOC(=O)N1c2cc3c(cc2[C@@H]2OC(C)(C)O[C@H]2[C@@H]1CCN(CCCC)C(=O)[C@@H](NC(=O)c1ccc(F)cc1)C(C)CC)OCO3. The number of nitrogens with zero attached hydrogens (tertiary/aromatic N) is 2. The standard InChI is InChI=1S/C36H46FN3O8/c1-7-10-16-39(34(42)30(22(4)9-3)38-33(41)23-11-13-24(37)14-12-23)17-15-26-32-31(47-36(5,6)48-32)25-19-28-29(46-21-45-28)20-27(25)40(26)35(43)44-18-8-2/h8,11-14,19-20,22,26,30-32H,2,7,9-10,15-18,21H2,1,3-6H3,(H,38,41)/t22?,26-,30-,31-,32-/m0/s1. The minimum absolute atomic E-state index is 0.00430. The zero-order chi connectivity index (χ0) is 34.6. The molecule has 1 unspecified atom stereocenters. The van der Waals surface area contributed by atoms with E-state index in [4.69, 9.17) is 23.7 Å². The molecule has 5 atom stereocenters. The molecule has 1 N–H and O–H groups in total. The summed E-state index contributed by atoms with van der Waals surface area (Å²) in [4.78, 5) is 44.6. The van der Waals surface area contributed by atoms with Crippen LogP contribution >= 0.6 is 0 Å². The Morgan fingerprint density at radius 1 is 1.12 bits per heavy atom. The average molecular weight is 668 g/mol. The van der Waals surface area contributed by atoms with Crippen molar-refractivity contribution in [1.82, 2.24) is 10.2 Å². The third-order valence-electron chi connectivity index (χ3n) is 9.11. The molecule has 0 radical (unpaired) electrons. The van der Waals surface area contributed by atoms with Gasteiger partial charge in [0.2, 0.25) is 12.7 Å². The van der Waals surface area contributed by atoms with Crippen molar-refractivity contribution >= 4 is 23.6 Å². The molecule has 0 aromatic heterocycles. The van der Waals surface area contributed by atoms with Crippen molar-refractivity contribution in [3.8, 4) is 11.5 Å². The van der Waals surface area contributed by atoms with E-state index in [1.54, 1.807) is 15.9 Å². The first-order valence-corrected chi connectivity index (χ1v) is 16.7. The number of fused-ring (bicyclic) bond motifs is 4. The Morgan fingerprint density at radius 3 is 2.50 bits per heavy atom. The Bertz CT molecular complexity index is 1500. The van der Waals surface area contributed by atoms with Crippen LogP contribution in [0.5, 0.6) is 11.5 Å². The molecule has 3 aliphatic heterocycles. The molecule has 0 spiro atoms. The number of amides is 3. The highest BCUT2D eigenvalue weighted by molar-refractivity contribution is 5.97. The second-order valence-electron chi connectivity index (χ2n) is 12.9. The second-order valence-corrected chi connectivity index (χ2v) is 12.9. The van der Waals surface area contributed by atoms with Gasteiger partial charge in [-0.05, 0) is 62.9 Å². The van der Waals surface area contributed by atoms with Crippen LogP contribution in [-0.2, 0) is 19.0 Å². The minimum Gasteiger partial charge on any atom is -0.454 e. The number of hydrogen-bond donors (Lipinski definition) is 1. The Balaban J connectivity index is 1.46. The van der Waals surface area contributed by atoms with Crippen molar-refractivity contribution in [2.75, 3.05) is 31.4 Å². The van der Waals surface area contributed by atoms with Gasteiger partial charge < -0.3 is 33.9 Å². The fourth-order valence-corrected chi connectivity index (χ4v) is 6.42. The number of hydrogen-bond acceptors (Lipinski definition) is 8. The Labute approximate surface area is 281 Å². The van der Waals surface area contributed by atoms with Gasteiger partial charge in [0.05, 0.1) is 11.7 Å². The predicted octanol–water partition coefficient (Wildman–Crippen LogP) is 6.12. The molecule has 260 valence electrons. The highest BCUT2D eigenvalue weighted by atomic mass is 19.1. The summed E-state index contributed by atoms with van der Waals surface area (Å²) in [5, 5.41) is 2.92. The van der Waals surface area contributed by atoms with Crippen LogP contribution in [0.15, 0.2) is 49.1 Å². The summed E-state index contributed by atoms with van der Waals surface area (Å²) >= 11 is 0. The summed E-state index contributed by atoms with van der Waals surface area (Å²) in [5.41, 5.74) is 1.53. The molecule has 48 heavy (non-hydrogen) atoms. The number of halogens is 1. The van der Waals surface area contributed by atoms with Gasteiger partial charge in [-0.2, -0.15) is 0 Å². The topological polar surface area (TPSA) is 116 Å². The number of benzene rings is 2. The van der Waals surface area contributed by atoms with Crippen LogP contribution in [0.25, 0.3) is 0 Å². The molecule has 0 aliphatic carbocycles. The molecule has 5 rings (SSSR count). The quantitative estimate of drug-likeness (QED) is 0.254. The maximum Gasteiger partial charge on any atom is 0.414 e. The molecular weight excluding hydrogens is 621 g/mol. The lowest BCUT2D eigenvalue weighted by Gasteiger charge is -2.42. The van der Waals surface area contributed by atoms with Gasteiger partial charge in [0.25, 0.3) is 5.91 Å². The third kappa shape index (κ3) is 7.44. The van der Waals surface area contributed by atoms with E-state index in [2.05, 4.69) is 11.9 Å². The maximum atomic E-state index is 14.3. The normalized spacial score (nSPS) is 21.5. The van der Waals surface area contributed by atoms with Crippen LogP contribution in [-0.4, -0.2) is 73.3 Å². The summed E-state index contributed by atoms with van der Waals surface area (Å²) in [6.07, 6.45) is 2.35. The fourth-order valence-electron chi connectivity index (χ4n) is 6.42. The monoisotopic (exact) mass is 667 g/mol. The summed E-state index contributed by atoms with van der Waals surface area (Å²) in [6, 6.07) is 7.40. The maximum absolute atomic E-state index is 14.3. The van der Waals surface area contributed by atoms with E-state index in [1.165, 1.54) is 30.3 Å². The van der Waals surface area contributed by atoms with Crippen molar-refractivity contribution in [2.24, 2.45) is 5.92 Å². The van der Waals surface area contributed by atoms with Crippen LogP contribution in [0.3, 0.4) is 0 Å². The zero-order valence-electron chi connectivity index (χ0n) is 28.3. The minimum atomic E-state index is -0.952. The number of carbonyl (C=O) groups excluding carboxylic acids is 3. The molecule has 2 aromatic rings. The Kier molecular flexibility index (Phi) is 10.9. The first-order valence-electron chi connectivity index (χ1n) is 16.7. The Morgan fingerprint density at radius 2 is 1.83 bits per heavy atom. The fraction of sp³-hybridized carbons (Fsp3) is 0.528. The highest BCUT2D eigenvalue weighted by Crippen LogP contribution is 2.52. The van der Waals surface area contributed by atoms with Gasteiger partial charge in [-0.1, -0.05) is 46.3 Å². The van der Waals surface area contributed by atoms with Crippen LogP contribution in [0.1, 0.15) is 82.3 Å². The molecule has 0 saturated carbocycles. The van der Waals surface area contributed by atoms with Gasteiger partial charge >= 0.3 is 6.09 Å². The molecule has 12 heteroatoms. The predicted molar refractivity (Wildman–Crippen MR) is 176 cm³/mol. The van der Waals surface area contributed by atoms with Crippen LogP contribution in [0.4, 0.5) is 14.9 Å². The summed E-state index contributed by atoms with van der Waals surface area (Å²) in [5.74, 6) is -1.22. The lowest BCUT2D eigenvalue weighted by molar-refractivity contribution is -0.148. The number of unbranched alkanes of at least 4 members (excludes halogenated alkanes) is 1. The third-order valence-corrected chi connectivity index (χ3v) is 9.11. The second kappa shape index (κ2) is 14.9. The Hall–Kier alpha value is -4.16. The van der Waals surface area contributed by atoms with Gasteiger partial charge in [-0.3, -0.25) is 14.5 Å². The molecule has 3 heterocycles. The number of rotatable bonds is 13. The summed E-state index contributed by atoms with van der Waals surface area (Å²) < 4.78 is 43.3. The number of ether oxygens (including phenoxy) is 5. The van der Waals surface area contributed by atoms with Gasteiger partial charge in [0.15, 0.2) is 17.3 Å². The van der Waals surface area contributed by atoms with E-state index in [-0.39, 0.29) is 37.3 Å². The smallest absolute Gasteiger partial charge is 0.414 e. The van der Waals surface area contributed by atoms with E-state index in [0.717, 1.165) is 12.8 Å². The summed E-state index contributed by atoms with van der Waals surface area (Å²) in [7, 11) is 0. The van der Waals surface area contributed by atoms with Crippen molar-refractivity contribution in [3.63, 3.8) is 0 Å². The number of carbonyl (C=O) groups is 3. The lowest BCUT2D eigenvalue weighted by Crippen LogP contribution is -2.56. The molecule has 0 bridgehead atoms. The number of anilines is 1. The summed E-state index contributed by atoms with van der Waals surface area (Å²) in [6.45, 7) is 14.0. The van der Waals surface area contributed by atoms with Crippen LogP contribution in [0, 0.1) is 11.7 Å². The molecule has 1 saturated heterocycles. The molecule has 11 nitrogen and oxygen atoms in total. The molecule has 1 fully saturated rings. The largest absolute Gasteiger partial charge is 0.454 e. The van der Waals surface area contributed by atoms with Crippen molar-refractivity contribution in [3.05, 3.63) is 66.0 Å². The molecule has 3 amide bonds. The lowest BCUT2D eigenvalue weighted by atomic mass is 9.88. The van der Waals surface area contributed by atoms with E-state index in [1.807, 2.05) is 40.7 Å². The van der Waals surface area contributed by atoms with E-state index in [9.17, 15) is 18.8 Å². The average Bonchev–Trinajstić information content (AvgIpc) is 3.67. The number of nitrogens with one attached hydrogen (secondary N) is 1. The van der Waals surface area contributed by atoms with E-state index in [0.29, 0.717) is 42.1 Å². The van der Waals surface area contributed by atoms with Crippen LogP contribution in [0.2, 0.25) is 0 Å². The van der Waals surface area contributed by atoms with Gasteiger partial charge in [-0.25, -0.2) is 9.18 Å². The van der Waals surface area contributed by atoms with Crippen molar-refractivity contribution < 1.29 is 42.5 Å². The van der Waals surface area contributed by atoms with Crippen molar-refractivity contribution in [1.29, 1.82) is 0 Å². The highest BCUT2D eigenvalue weighted by Gasteiger charge is 2.54. The van der Waals surface area contributed by atoms with Gasteiger partial charge in [0, 0.05) is 30.3 Å². The molecular formula is C36H46FN3O8. The van der Waals surface area contributed by atoms with Gasteiger partial charge in [0.1, 0.15) is 30.7 Å². The van der Waals surface area contributed by atoms with E-state index >= 15 is 0 Å². The van der Waals surface area contributed by atoms with Crippen LogP contribution < -0.4 is 19.7 Å². The first kappa shape index (κ1) is 35.2. The molecule has 2 aromatic carbocycles. The van der Waals surface area contributed by atoms with Gasteiger partial charge in [-0.15, -0.1) is 0 Å².